The zero-order valence-electron chi connectivity index (χ0n) is 16.9. The van der Waals surface area contributed by atoms with Gasteiger partial charge in [-0.2, -0.15) is 0 Å². The lowest BCUT2D eigenvalue weighted by molar-refractivity contribution is -0.133. The van der Waals surface area contributed by atoms with Crippen molar-refractivity contribution < 1.29 is 14.4 Å². The molecule has 156 valence electrons. The molecule has 2 aromatic rings. The highest BCUT2D eigenvalue weighted by molar-refractivity contribution is 7.12. The average Bonchev–Trinajstić information content (AvgIpc) is 3.33. The normalized spacial score (nSPS) is 17.0. The maximum atomic E-state index is 12.9. The number of nitrogens with one attached hydrogen (secondary N) is 1. The maximum Gasteiger partial charge on any atom is 0.224 e. The second kappa shape index (κ2) is 10.4. The zero-order valence-corrected chi connectivity index (χ0v) is 17.7. The number of aromatic nitrogens is 1. The fraction of sp³-hybridized carbons (Fsp3) is 0.500. The summed E-state index contributed by atoms with van der Waals surface area (Å²) in [4.78, 5) is 39.6. The van der Waals surface area contributed by atoms with E-state index in [1.807, 2.05) is 35.7 Å². The summed E-state index contributed by atoms with van der Waals surface area (Å²) in [5.41, 5.74) is 1.16. The van der Waals surface area contributed by atoms with Crippen LogP contribution in [-0.4, -0.2) is 40.2 Å². The van der Waals surface area contributed by atoms with Gasteiger partial charge in [-0.3, -0.25) is 14.4 Å². The van der Waals surface area contributed by atoms with E-state index in [2.05, 4.69) is 16.0 Å². The van der Waals surface area contributed by atoms with Crippen LogP contribution in [-0.2, 0) is 16.6 Å². The van der Waals surface area contributed by atoms with Gasteiger partial charge in [-0.05, 0) is 36.4 Å². The van der Waals surface area contributed by atoms with Crippen molar-refractivity contribution in [2.24, 2.45) is 7.05 Å². The fourth-order valence-corrected chi connectivity index (χ4v) is 4.56. The summed E-state index contributed by atoms with van der Waals surface area (Å²) < 4.78 is 2.09. The molecule has 0 aromatic carbocycles. The minimum atomic E-state index is -0.183. The van der Waals surface area contributed by atoms with E-state index >= 15 is 0 Å². The van der Waals surface area contributed by atoms with Gasteiger partial charge >= 0.3 is 0 Å². The molecule has 2 aromatic heterocycles. The van der Waals surface area contributed by atoms with E-state index in [1.54, 1.807) is 6.07 Å². The number of hydrogen-bond donors (Lipinski definition) is 1. The van der Waals surface area contributed by atoms with Crippen molar-refractivity contribution in [3.05, 3.63) is 46.4 Å². The van der Waals surface area contributed by atoms with Crippen molar-refractivity contribution in [1.82, 2.24) is 14.8 Å². The number of carbonyl (C=O) groups is 3. The summed E-state index contributed by atoms with van der Waals surface area (Å²) in [6.07, 6.45) is 6.90. The van der Waals surface area contributed by atoms with Gasteiger partial charge in [0.2, 0.25) is 11.8 Å². The Hall–Kier alpha value is -2.41. The predicted octanol–water partition coefficient (Wildman–Crippen LogP) is 3.70. The van der Waals surface area contributed by atoms with Gasteiger partial charge in [-0.15, -0.1) is 11.3 Å². The first-order chi connectivity index (χ1) is 14.1. The molecule has 1 aliphatic heterocycles. The molecular weight excluding hydrogens is 386 g/mol. The first-order valence-electron chi connectivity index (χ1n) is 10.3. The third-order valence-electron chi connectivity index (χ3n) is 5.43. The van der Waals surface area contributed by atoms with Crippen LogP contribution in [0.4, 0.5) is 0 Å². The molecule has 1 aliphatic rings. The number of thiophene rings is 1. The van der Waals surface area contributed by atoms with Crippen LogP contribution in [0.1, 0.15) is 66.4 Å². The molecule has 1 saturated heterocycles. The molecule has 1 unspecified atom stereocenters. The summed E-state index contributed by atoms with van der Waals surface area (Å²) in [6, 6.07) is 7.80. The summed E-state index contributed by atoms with van der Waals surface area (Å²) >= 11 is 1.39. The molecule has 3 heterocycles. The maximum absolute atomic E-state index is 12.9. The van der Waals surface area contributed by atoms with Gasteiger partial charge in [0.1, 0.15) is 0 Å². The van der Waals surface area contributed by atoms with E-state index in [1.165, 1.54) is 11.3 Å². The van der Waals surface area contributed by atoms with Crippen LogP contribution < -0.4 is 5.32 Å². The number of carbonyl (C=O) groups excluding carboxylic acids is 3. The van der Waals surface area contributed by atoms with E-state index in [-0.39, 0.29) is 42.9 Å². The van der Waals surface area contributed by atoms with Gasteiger partial charge in [0.15, 0.2) is 5.78 Å². The van der Waals surface area contributed by atoms with Crippen molar-refractivity contribution in [2.75, 3.05) is 13.1 Å². The minimum Gasteiger partial charge on any atom is -0.356 e. The van der Waals surface area contributed by atoms with Gasteiger partial charge in [-0.25, -0.2) is 0 Å². The Balaban J connectivity index is 1.46. The van der Waals surface area contributed by atoms with Gasteiger partial charge in [0, 0.05) is 51.3 Å². The first kappa shape index (κ1) is 21.3. The van der Waals surface area contributed by atoms with E-state index in [9.17, 15) is 14.4 Å². The topological polar surface area (TPSA) is 71.4 Å². The summed E-state index contributed by atoms with van der Waals surface area (Å²) in [6.45, 7) is 1.07. The van der Waals surface area contributed by atoms with Crippen LogP contribution in [0.25, 0.3) is 0 Å². The lowest BCUT2D eigenvalue weighted by Crippen LogP contribution is -2.37. The number of ketones is 1. The summed E-state index contributed by atoms with van der Waals surface area (Å²) in [5.74, 6) is -0.119. The second-order valence-electron chi connectivity index (χ2n) is 7.50. The lowest BCUT2D eigenvalue weighted by Gasteiger charge is -2.31. The third kappa shape index (κ3) is 5.79. The Morgan fingerprint density at radius 2 is 1.97 bits per heavy atom. The van der Waals surface area contributed by atoms with Gasteiger partial charge in [0.05, 0.1) is 10.9 Å². The van der Waals surface area contributed by atoms with E-state index < -0.39 is 0 Å². The van der Waals surface area contributed by atoms with Crippen molar-refractivity contribution in [1.29, 1.82) is 0 Å². The monoisotopic (exact) mass is 415 g/mol. The van der Waals surface area contributed by atoms with Crippen LogP contribution in [0, 0.1) is 0 Å². The highest BCUT2D eigenvalue weighted by Gasteiger charge is 2.27. The Labute approximate surface area is 175 Å². The van der Waals surface area contributed by atoms with Gasteiger partial charge in [0.25, 0.3) is 0 Å². The Morgan fingerprint density at radius 3 is 2.69 bits per heavy atom. The van der Waals surface area contributed by atoms with Crippen molar-refractivity contribution in [3.8, 4) is 0 Å². The molecule has 3 rings (SSSR count). The van der Waals surface area contributed by atoms with Crippen LogP contribution in [0.5, 0.6) is 0 Å². The number of amides is 2. The number of aryl methyl sites for hydroxylation is 1. The number of likely N-dealkylation sites (tertiary alicyclic amines) is 1. The first-order valence-corrected chi connectivity index (χ1v) is 11.2. The molecule has 0 saturated carbocycles. The average molecular weight is 416 g/mol. The van der Waals surface area contributed by atoms with Crippen LogP contribution in [0.3, 0.4) is 0 Å². The van der Waals surface area contributed by atoms with Crippen molar-refractivity contribution in [3.63, 3.8) is 0 Å². The highest BCUT2D eigenvalue weighted by atomic mass is 32.1. The molecular formula is C22H29N3O3S. The van der Waals surface area contributed by atoms with Crippen molar-refractivity contribution in [2.45, 2.75) is 51.0 Å². The third-order valence-corrected chi connectivity index (χ3v) is 6.35. The molecule has 0 radical (unpaired) electrons. The lowest BCUT2D eigenvalue weighted by atomic mass is 10.1. The molecule has 2 amide bonds. The number of hydrogen-bond acceptors (Lipinski definition) is 4. The van der Waals surface area contributed by atoms with E-state index in [0.717, 1.165) is 37.9 Å². The smallest absolute Gasteiger partial charge is 0.224 e. The Kier molecular flexibility index (Phi) is 7.63. The van der Waals surface area contributed by atoms with E-state index in [0.29, 0.717) is 11.4 Å². The molecule has 0 aliphatic carbocycles. The zero-order chi connectivity index (χ0) is 20.6. The molecule has 0 spiro atoms. The fourth-order valence-electron chi connectivity index (χ4n) is 3.86. The SMILES string of the molecule is Cn1cccc1C1CCCCCN1C(=O)CCNC(=O)CCC(=O)c1cccs1. The predicted molar refractivity (Wildman–Crippen MR) is 114 cm³/mol. The number of rotatable bonds is 8. The molecule has 29 heavy (non-hydrogen) atoms. The molecule has 1 N–H and O–H groups in total. The Morgan fingerprint density at radius 1 is 1.10 bits per heavy atom. The highest BCUT2D eigenvalue weighted by Crippen LogP contribution is 2.30. The number of nitrogens with zero attached hydrogens (tertiary/aromatic N) is 2. The van der Waals surface area contributed by atoms with Gasteiger partial charge in [-0.1, -0.05) is 18.9 Å². The van der Waals surface area contributed by atoms with Crippen LogP contribution in [0.2, 0.25) is 0 Å². The minimum absolute atomic E-state index is 0.0128. The summed E-state index contributed by atoms with van der Waals surface area (Å²) in [5, 5.41) is 4.64. The molecule has 1 atom stereocenters. The van der Waals surface area contributed by atoms with E-state index in [4.69, 9.17) is 0 Å². The van der Waals surface area contributed by atoms with Crippen LogP contribution >= 0.6 is 11.3 Å². The molecule has 0 bridgehead atoms. The summed E-state index contributed by atoms with van der Waals surface area (Å²) in [7, 11) is 2.01. The van der Waals surface area contributed by atoms with Crippen molar-refractivity contribution >= 4 is 28.9 Å². The quantitative estimate of drug-likeness (QED) is 0.668. The molecule has 1 fully saturated rings. The second-order valence-corrected chi connectivity index (χ2v) is 8.44. The largest absolute Gasteiger partial charge is 0.356 e. The van der Waals surface area contributed by atoms with Gasteiger partial charge < -0.3 is 14.8 Å². The van der Waals surface area contributed by atoms with Crippen LogP contribution in [0.15, 0.2) is 35.8 Å². The Bertz CT molecular complexity index is 828. The molecule has 6 nitrogen and oxygen atoms in total. The molecule has 7 heteroatoms. The standard InChI is InChI=1S/C22H29N3O3S/c1-24-14-5-8-17(24)18-7-3-2-4-15-25(18)22(28)12-13-23-21(27)11-10-19(26)20-9-6-16-29-20/h5-6,8-9,14,16,18H,2-4,7,10-13,15H2,1H3,(H,23,27). The number of Topliss-reactive ketones (excluding diaryl/α,β-unsaturated/α-hetero) is 1.